The van der Waals surface area contributed by atoms with Gasteiger partial charge in [-0.05, 0) is 6.42 Å². The molecule has 0 aromatic heterocycles. The second-order valence-electron chi connectivity index (χ2n) is 7.28. The van der Waals surface area contributed by atoms with Crippen LogP contribution >= 0.6 is 0 Å². The van der Waals surface area contributed by atoms with E-state index in [4.69, 9.17) is 9.84 Å². The van der Waals surface area contributed by atoms with E-state index in [2.05, 4.69) is 6.92 Å². The number of rotatable bonds is 16. The van der Waals surface area contributed by atoms with Crippen molar-refractivity contribution in [2.45, 2.75) is 96.8 Å². The molecule has 1 rings (SSSR count). The number of carbonyl (C=O) groups is 2. The van der Waals surface area contributed by atoms with Crippen molar-refractivity contribution in [3.63, 3.8) is 0 Å². The van der Waals surface area contributed by atoms with Gasteiger partial charge in [-0.15, -0.1) is 0 Å². The number of aliphatic hydroxyl groups excluding tert-OH is 2. The summed E-state index contributed by atoms with van der Waals surface area (Å²) in [5.41, 5.74) is 0. The topological polar surface area (TPSA) is 83.8 Å². The molecule has 2 N–H and O–H groups in total. The van der Waals surface area contributed by atoms with Gasteiger partial charge in [-0.25, -0.2) is 0 Å². The Morgan fingerprint density at radius 2 is 1.33 bits per heavy atom. The summed E-state index contributed by atoms with van der Waals surface area (Å²) in [5, 5.41) is 18.7. The summed E-state index contributed by atoms with van der Waals surface area (Å²) in [7, 11) is 0. The molecule has 27 heavy (non-hydrogen) atoms. The summed E-state index contributed by atoms with van der Waals surface area (Å²) in [6.45, 7) is 1.67. The molecule has 0 fully saturated rings. The summed E-state index contributed by atoms with van der Waals surface area (Å²) in [6.07, 6.45) is 16.2. The van der Waals surface area contributed by atoms with Crippen LogP contribution in [0.15, 0.2) is 11.5 Å². The Morgan fingerprint density at radius 1 is 0.889 bits per heavy atom. The fourth-order valence-corrected chi connectivity index (χ4v) is 3.36. The number of cyclic esters (lactones) is 1. The zero-order chi connectivity index (χ0) is 19.2. The maximum Gasteiger partial charge on any atom is 1.00 e. The third-order valence-corrected chi connectivity index (χ3v) is 5.01. The maximum absolute atomic E-state index is 12.1. The van der Waals surface area contributed by atoms with Gasteiger partial charge in [0.2, 0.25) is 0 Å². The van der Waals surface area contributed by atoms with E-state index in [9.17, 15) is 14.7 Å². The second kappa shape index (κ2) is 16.6. The Morgan fingerprint density at radius 3 is 1.74 bits per heavy atom. The molecule has 1 unspecified atom stereocenters. The molecule has 150 valence electrons. The van der Waals surface area contributed by atoms with Gasteiger partial charge in [0.15, 0.2) is 23.2 Å². The third-order valence-electron chi connectivity index (χ3n) is 5.01. The number of carbonyl (C=O) groups excluding carboxylic acids is 2. The summed E-state index contributed by atoms with van der Waals surface area (Å²) in [6, 6.07) is 0. The quantitative estimate of drug-likeness (QED) is 0.182. The predicted molar refractivity (Wildman–Crippen MR) is 102 cm³/mol. The van der Waals surface area contributed by atoms with Crippen molar-refractivity contribution in [3.05, 3.63) is 11.5 Å². The van der Waals surface area contributed by atoms with Crippen molar-refractivity contribution in [1.29, 1.82) is 0 Å². The van der Waals surface area contributed by atoms with Crippen molar-refractivity contribution >= 4 is 11.8 Å². The van der Waals surface area contributed by atoms with Crippen LogP contribution in [0.25, 0.3) is 0 Å². The number of hydrogen-bond donors (Lipinski definition) is 2. The number of Topliss-reactive ketones (excluding diaryl/α,β-unsaturated/α-hetero) is 1. The van der Waals surface area contributed by atoms with Crippen LogP contribution in [0.2, 0.25) is 0 Å². The molecule has 0 aromatic carbocycles. The average Bonchev–Trinajstić information content (AvgIpc) is 2.92. The van der Waals surface area contributed by atoms with Crippen LogP contribution < -0.4 is 29.6 Å². The summed E-state index contributed by atoms with van der Waals surface area (Å²) >= 11 is 0. The minimum Gasteiger partial charge on any atom is -0.507 e. The third kappa shape index (κ3) is 10.7. The number of hydrogen-bond acceptors (Lipinski definition) is 5. The number of ketones is 1. The minimum absolute atomic E-state index is 0. The van der Waals surface area contributed by atoms with Gasteiger partial charge in [-0.3, -0.25) is 9.59 Å². The second-order valence-corrected chi connectivity index (χ2v) is 7.28. The fraction of sp³-hybridized carbons (Fsp3) is 0.810. The van der Waals surface area contributed by atoms with Crippen molar-refractivity contribution in [2.24, 2.45) is 5.92 Å². The standard InChI is InChI=1S/C21H36O5.Na/c1-2-3-4-5-6-7-8-9-10-11-12-13-14-15-17(23)19-20(24)18(16-22)26-21(19)25;/h19,22,24H,2-16H2,1H3;/q;+1. The molecule has 6 heteroatoms. The van der Waals surface area contributed by atoms with E-state index in [-0.39, 0.29) is 47.5 Å². The van der Waals surface area contributed by atoms with Gasteiger partial charge in [0.25, 0.3) is 0 Å². The first kappa shape index (κ1) is 26.6. The monoisotopic (exact) mass is 391 g/mol. The molecule has 0 amide bonds. The number of unbranched alkanes of at least 4 members (excludes halogenated alkanes) is 12. The first-order valence-corrected chi connectivity index (χ1v) is 10.4. The molecule has 1 atom stereocenters. The van der Waals surface area contributed by atoms with Crippen molar-refractivity contribution in [2.75, 3.05) is 6.61 Å². The predicted octanol–water partition coefficient (Wildman–Crippen LogP) is 1.98. The van der Waals surface area contributed by atoms with E-state index >= 15 is 0 Å². The zero-order valence-electron chi connectivity index (χ0n) is 17.3. The molecule has 0 saturated heterocycles. The molecule has 0 aliphatic carbocycles. The van der Waals surface area contributed by atoms with Gasteiger partial charge in [0.1, 0.15) is 6.61 Å². The first-order valence-electron chi connectivity index (χ1n) is 10.4. The Labute approximate surface area is 186 Å². The Hall–Kier alpha value is -0.360. The fourth-order valence-electron chi connectivity index (χ4n) is 3.36. The summed E-state index contributed by atoms with van der Waals surface area (Å²) in [4.78, 5) is 23.6. The molecule has 0 saturated carbocycles. The molecule has 0 spiro atoms. The van der Waals surface area contributed by atoms with Crippen molar-refractivity contribution in [3.8, 4) is 0 Å². The van der Waals surface area contributed by atoms with E-state index in [0.717, 1.165) is 19.3 Å². The molecule has 1 heterocycles. The molecule has 0 radical (unpaired) electrons. The van der Waals surface area contributed by atoms with Crippen molar-refractivity contribution < 1.29 is 54.1 Å². The Balaban J connectivity index is 0.00000676. The minimum atomic E-state index is -1.23. The van der Waals surface area contributed by atoms with E-state index < -0.39 is 24.3 Å². The number of esters is 1. The van der Waals surface area contributed by atoms with Crippen LogP contribution in [-0.2, 0) is 14.3 Å². The van der Waals surface area contributed by atoms with Crippen LogP contribution in [0.1, 0.15) is 96.8 Å². The normalized spacial score (nSPS) is 16.4. The molecule has 1 aliphatic heterocycles. The first-order chi connectivity index (χ1) is 12.6. The molecular formula is C21H36NaO5+. The van der Waals surface area contributed by atoms with Gasteiger partial charge < -0.3 is 14.9 Å². The van der Waals surface area contributed by atoms with Gasteiger partial charge in [-0.1, -0.05) is 84.0 Å². The number of ether oxygens (including phenoxy) is 1. The Bertz CT molecular complexity index is 461. The van der Waals surface area contributed by atoms with Crippen LogP contribution in [0.5, 0.6) is 0 Å². The van der Waals surface area contributed by atoms with Gasteiger partial charge >= 0.3 is 35.5 Å². The number of aliphatic hydroxyl groups is 2. The summed E-state index contributed by atoms with van der Waals surface area (Å²) < 4.78 is 4.70. The molecular weight excluding hydrogens is 355 g/mol. The zero-order valence-corrected chi connectivity index (χ0v) is 19.3. The Kier molecular flexibility index (Phi) is 16.4. The van der Waals surface area contributed by atoms with Gasteiger partial charge in [0, 0.05) is 6.42 Å². The maximum atomic E-state index is 12.1. The van der Waals surface area contributed by atoms with Gasteiger partial charge in [0.05, 0.1) is 0 Å². The van der Waals surface area contributed by atoms with Crippen LogP contribution in [0.3, 0.4) is 0 Å². The van der Waals surface area contributed by atoms with E-state index in [1.807, 2.05) is 0 Å². The van der Waals surface area contributed by atoms with Crippen LogP contribution in [0, 0.1) is 5.92 Å². The van der Waals surface area contributed by atoms with E-state index in [1.54, 1.807) is 0 Å². The molecule has 5 nitrogen and oxygen atoms in total. The molecule has 1 aliphatic rings. The van der Waals surface area contributed by atoms with E-state index in [1.165, 1.54) is 64.2 Å². The summed E-state index contributed by atoms with van der Waals surface area (Å²) in [5.74, 6) is -2.93. The van der Waals surface area contributed by atoms with E-state index in [0.29, 0.717) is 0 Å². The van der Waals surface area contributed by atoms with Gasteiger partial charge in [-0.2, -0.15) is 0 Å². The molecule has 0 bridgehead atoms. The molecule has 0 aromatic rings. The van der Waals surface area contributed by atoms with Crippen LogP contribution in [-0.4, -0.2) is 28.6 Å². The SMILES string of the molecule is CCCCCCCCCCCCCCCC(=O)C1C(=O)OC(CO)=C1O.[Na+]. The average molecular weight is 392 g/mol. The smallest absolute Gasteiger partial charge is 0.507 e. The largest absolute Gasteiger partial charge is 1.00 e. The van der Waals surface area contributed by atoms with Crippen LogP contribution in [0.4, 0.5) is 0 Å². The van der Waals surface area contributed by atoms with Crippen molar-refractivity contribution in [1.82, 2.24) is 0 Å².